The minimum absolute atomic E-state index is 0.0932. The molecule has 0 heterocycles. The molecule has 2 nitrogen and oxygen atoms in total. The van der Waals surface area contributed by atoms with Crippen LogP contribution in [-0.4, -0.2) is 25.5 Å². The van der Waals surface area contributed by atoms with Crippen LogP contribution in [0.15, 0.2) is 180 Å². The zero-order valence-electron chi connectivity index (χ0n) is 27.0. The Bertz CT molecular complexity index is 1680. The molecule has 0 N–H and O–H groups in total. The zero-order valence-corrected chi connectivity index (χ0v) is 28.8. The maximum Gasteiger partial charge on any atom is 0.0458 e. The van der Waals surface area contributed by atoms with Gasteiger partial charge in [0.25, 0.3) is 0 Å². The molecule has 6 rings (SSSR count). The fourth-order valence-corrected chi connectivity index (χ4v) is 10.4. The molecule has 0 radical (unpaired) electrons. The molecular formula is C43H40N2P2. The molecule has 0 aromatic heterocycles. The van der Waals surface area contributed by atoms with E-state index >= 15 is 0 Å². The Morgan fingerprint density at radius 2 is 0.681 bits per heavy atom. The van der Waals surface area contributed by atoms with Gasteiger partial charge >= 0.3 is 0 Å². The molecule has 0 atom stereocenters. The van der Waals surface area contributed by atoms with Crippen LogP contribution in [-0.2, 0) is 0 Å². The Labute approximate surface area is 282 Å². The molecule has 0 amide bonds. The molecule has 0 spiro atoms. The summed E-state index contributed by atoms with van der Waals surface area (Å²) < 4.78 is 0. The van der Waals surface area contributed by atoms with Gasteiger partial charge in [0.2, 0.25) is 0 Å². The van der Waals surface area contributed by atoms with Gasteiger partial charge in [-0.2, -0.15) is 0 Å². The lowest BCUT2D eigenvalue weighted by Crippen LogP contribution is -2.24. The van der Waals surface area contributed by atoms with Gasteiger partial charge in [-0.25, -0.2) is 0 Å². The summed E-state index contributed by atoms with van der Waals surface area (Å²) in [5, 5.41) is 8.01. The first-order valence-electron chi connectivity index (χ1n) is 16.1. The minimum Gasteiger partial charge on any atom is -0.292 e. The Morgan fingerprint density at radius 3 is 1.00 bits per heavy atom. The van der Waals surface area contributed by atoms with Crippen molar-refractivity contribution in [2.45, 2.75) is 13.8 Å². The smallest absolute Gasteiger partial charge is 0.0458 e. The summed E-state index contributed by atoms with van der Waals surface area (Å²) in [6, 6.07) is 60.8. The second-order valence-corrected chi connectivity index (χ2v) is 16.6. The van der Waals surface area contributed by atoms with Gasteiger partial charge < -0.3 is 0 Å². The van der Waals surface area contributed by atoms with E-state index in [2.05, 4.69) is 196 Å². The second kappa shape index (κ2) is 15.9. The largest absolute Gasteiger partial charge is 0.292 e. The van der Waals surface area contributed by atoms with E-state index in [0.717, 1.165) is 0 Å². The summed E-state index contributed by atoms with van der Waals surface area (Å²) in [7, 11) is -1.40. The first kappa shape index (κ1) is 32.5. The van der Waals surface area contributed by atoms with Gasteiger partial charge in [0.15, 0.2) is 0 Å². The van der Waals surface area contributed by atoms with Crippen LogP contribution in [0.4, 0.5) is 0 Å². The van der Waals surface area contributed by atoms with E-state index < -0.39 is 15.8 Å². The van der Waals surface area contributed by atoms with E-state index in [4.69, 9.17) is 9.98 Å². The molecule has 0 aliphatic heterocycles. The van der Waals surface area contributed by atoms with E-state index in [9.17, 15) is 0 Å². The van der Waals surface area contributed by atoms with Crippen molar-refractivity contribution < 1.29 is 0 Å². The molecule has 47 heavy (non-hydrogen) atoms. The highest BCUT2D eigenvalue weighted by atomic mass is 31.1. The number of hydrogen-bond donors (Lipinski definition) is 0. The first-order valence-corrected chi connectivity index (χ1v) is 18.8. The molecular weight excluding hydrogens is 606 g/mol. The van der Waals surface area contributed by atoms with E-state index in [-0.39, 0.29) is 5.41 Å². The summed E-state index contributed by atoms with van der Waals surface area (Å²) in [4.78, 5) is 10.0. The molecule has 0 saturated heterocycles. The highest BCUT2D eigenvalue weighted by molar-refractivity contribution is 7.80. The quantitative estimate of drug-likeness (QED) is 0.0960. The third-order valence-electron chi connectivity index (χ3n) is 7.91. The highest BCUT2D eigenvalue weighted by Crippen LogP contribution is 2.35. The fraction of sp³-hybridized carbons (Fsp3) is 0.116. The van der Waals surface area contributed by atoms with Crippen LogP contribution in [0.2, 0.25) is 0 Å². The summed E-state index contributed by atoms with van der Waals surface area (Å²) in [5.41, 5.74) is 2.26. The van der Waals surface area contributed by atoms with Crippen LogP contribution in [0.25, 0.3) is 0 Å². The van der Waals surface area contributed by atoms with Crippen molar-refractivity contribution in [3.63, 3.8) is 0 Å². The fourth-order valence-electron chi connectivity index (χ4n) is 5.60. The zero-order chi connectivity index (χ0) is 32.3. The topological polar surface area (TPSA) is 24.7 Å². The standard InChI is InChI=1S/C43H40N2P2/c1-43(2,33-44-31-35-19-15-17-29-41(35)46(37-21-7-3-8-22-37)38-23-9-4-10-24-38)34-45-32-36-20-16-18-30-42(36)47(39-25-11-5-12-26-39)40-27-13-6-14-28-40/h3-32H,33-34H2,1-2H3/b44-31-,45-32-. The van der Waals surface area contributed by atoms with Crippen LogP contribution in [0.3, 0.4) is 0 Å². The third kappa shape index (κ3) is 8.47. The van der Waals surface area contributed by atoms with Crippen molar-refractivity contribution >= 4 is 60.1 Å². The predicted molar refractivity (Wildman–Crippen MR) is 209 cm³/mol. The number of nitrogens with zero attached hydrogens (tertiary/aromatic N) is 2. The molecule has 0 saturated carbocycles. The van der Waals surface area contributed by atoms with Crippen LogP contribution < -0.4 is 31.8 Å². The van der Waals surface area contributed by atoms with Crippen molar-refractivity contribution in [1.82, 2.24) is 0 Å². The van der Waals surface area contributed by atoms with Gasteiger partial charge in [-0.1, -0.05) is 184 Å². The van der Waals surface area contributed by atoms with Crippen LogP contribution >= 0.6 is 15.8 Å². The third-order valence-corrected chi connectivity index (χ3v) is 12.9. The van der Waals surface area contributed by atoms with Crippen molar-refractivity contribution in [2.24, 2.45) is 15.4 Å². The van der Waals surface area contributed by atoms with Crippen molar-refractivity contribution in [2.75, 3.05) is 13.1 Å². The first-order chi connectivity index (χ1) is 23.1. The molecule has 232 valence electrons. The van der Waals surface area contributed by atoms with Crippen LogP contribution in [0.5, 0.6) is 0 Å². The number of hydrogen-bond acceptors (Lipinski definition) is 2. The van der Waals surface area contributed by atoms with E-state index in [1.54, 1.807) is 0 Å². The lowest BCUT2D eigenvalue weighted by molar-refractivity contribution is 0.396. The monoisotopic (exact) mass is 646 g/mol. The highest BCUT2D eigenvalue weighted by Gasteiger charge is 2.21. The number of benzene rings is 6. The maximum atomic E-state index is 5.01. The minimum atomic E-state index is -0.702. The average Bonchev–Trinajstić information content (AvgIpc) is 3.12. The number of aliphatic imine (C=N–C) groups is 2. The lowest BCUT2D eigenvalue weighted by Gasteiger charge is -2.22. The molecule has 0 unspecified atom stereocenters. The Hall–Kier alpha value is -4.48. The van der Waals surface area contributed by atoms with Gasteiger partial charge in [0.05, 0.1) is 0 Å². The average molecular weight is 647 g/mol. The SMILES string of the molecule is CC(C)(C/N=C\c1ccccc1P(c1ccccc1)c1ccccc1)C/N=C\c1ccccc1P(c1ccccc1)c1ccccc1. The predicted octanol–water partition coefficient (Wildman–Crippen LogP) is 7.77. The molecule has 6 aromatic carbocycles. The van der Waals surface area contributed by atoms with Crippen molar-refractivity contribution in [1.29, 1.82) is 0 Å². The number of rotatable bonds is 12. The van der Waals surface area contributed by atoms with Gasteiger partial charge in [-0.3, -0.25) is 9.98 Å². The van der Waals surface area contributed by atoms with E-state index in [1.807, 2.05) is 0 Å². The molecule has 4 heteroatoms. The Kier molecular flexibility index (Phi) is 11.0. The summed E-state index contributed by atoms with van der Waals surface area (Å²) in [5.74, 6) is 0. The summed E-state index contributed by atoms with van der Waals surface area (Å²) in [6.45, 7) is 5.88. The summed E-state index contributed by atoms with van der Waals surface area (Å²) >= 11 is 0. The lowest BCUT2D eigenvalue weighted by atomic mass is 9.94. The van der Waals surface area contributed by atoms with E-state index in [0.29, 0.717) is 13.1 Å². The van der Waals surface area contributed by atoms with Gasteiger partial charge in [-0.05, 0) is 47.7 Å². The van der Waals surface area contributed by atoms with Gasteiger partial charge in [0.1, 0.15) is 0 Å². The van der Waals surface area contributed by atoms with Crippen molar-refractivity contribution in [3.05, 3.63) is 181 Å². The second-order valence-electron chi connectivity index (χ2n) is 12.2. The Morgan fingerprint density at radius 1 is 0.404 bits per heavy atom. The molecule has 0 aliphatic carbocycles. The molecule has 6 aromatic rings. The molecule has 0 bridgehead atoms. The normalized spacial score (nSPS) is 12.0. The van der Waals surface area contributed by atoms with E-state index in [1.165, 1.54) is 43.0 Å². The Balaban J connectivity index is 1.20. The molecule has 0 fully saturated rings. The maximum absolute atomic E-state index is 5.01. The van der Waals surface area contributed by atoms with Gasteiger partial charge in [-0.15, -0.1) is 0 Å². The molecule has 0 aliphatic rings. The van der Waals surface area contributed by atoms with Gasteiger partial charge in [0, 0.05) is 42.1 Å². The van der Waals surface area contributed by atoms with Crippen LogP contribution in [0, 0.1) is 5.41 Å². The van der Waals surface area contributed by atoms with Crippen molar-refractivity contribution in [3.8, 4) is 0 Å². The van der Waals surface area contributed by atoms with Crippen LogP contribution in [0.1, 0.15) is 25.0 Å². The summed E-state index contributed by atoms with van der Waals surface area (Å²) in [6.07, 6.45) is 4.15.